The Bertz CT molecular complexity index is 293. The average Bonchev–Trinajstić information content (AvgIpc) is 2.77. The molecule has 1 fully saturated rings. The minimum atomic E-state index is 0.548. The van der Waals surface area contributed by atoms with E-state index in [0.717, 1.165) is 17.2 Å². The van der Waals surface area contributed by atoms with Gasteiger partial charge >= 0.3 is 0 Å². The third-order valence-electron chi connectivity index (χ3n) is 2.78. The van der Waals surface area contributed by atoms with Gasteiger partial charge in [-0.15, -0.1) is 0 Å². The first-order valence-corrected chi connectivity index (χ1v) is 4.45. The first kappa shape index (κ1) is 7.65. The van der Waals surface area contributed by atoms with Gasteiger partial charge in [0.1, 0.15) is 5.76 Å². The molecule has 3 nitrogen and oxygen atoms in total. The van der Waals surface area contributed by atoms with Gasteiger partial charge in [0, 0.05) is 11.5 Å². The Kier molecular flexibility index (Phi) is 1.60. The summed E-state index contributed by atoms with van der Waals surface area (Å²) in [6.07, 6.45) is 2.47. The van der Waals surface area contributed by atoms with Crippen LogP contribution in [0.1, 0.15) is 37.0 Å². The van der Waals surface area contributed by atoms with Gasteiger partial charge in [-0.3, -0.25) is 0 Å². The molecular weight excluding hydrogens is 152 g/mol. The number of anilines is 1. The number of nitrogens with zero attached hydrogens (tertiary/aromatic N) is 1. The number of hydrogen-bond acceptors (Lipinski definition) is 3. The van der Waals surface area contributed by atoms with Crippen LogP contribution in [-0.4, -0.2) is 5.16 Å². The molecule has 0 aliphatic heterocycles. The summed E-state index contributed by atoms with van der Waals surface area (Å²) in [6.45, 7) is 4.19. The topological polar surface area (TPSA) is 52.0 Å². The highest BCUT2D eigenvalue weighted by Gasteiger charge is 2.40. The van der Waals surface area contributed by atoms with Gasteiger partial charge in [-0.25, -0.2) is 0 Å². The molecule has 2 N–H and O–H groups in total. The number of nitrogen functional groups attached to an aromatic ring is 1. The lowest BCUT2D eigenvalue weighted by molar-refractivity contribution is 0.381. The lowest BCUT2D eigenvalue weighted by atomic mass is 10.1. The molecule has 0 bridgehead atoms. The molecule has 2 rings (SSSR count). The monoisotopic (exact) mass is 166 g/mol. The fourth-order valence-electron chi connectivity index (χ4n) is 1.73. The lowest BCUT2D eigenvalue weighted by Crippen LogP contribution is -1.88. The zero-order valence-corrected chi connectivity index (χ0v) is 7.50. The van der Waals surface area contributed by atoms with E-state index < -0.39 is 0 Å². The van der Waals surface area contributed by atoms with E-state index in [-0.39, 0.29) is 0 Å². The maximum absolute atomic E-state index is 5.59. The quantitative estimate of drug-likeness (QED) is 0.731. The third-order valence-corrected chi connectivity index (χ3v) is 2.78. The van der Waals surface area contributed by atoms with Gasteiger partial charge in [0.25, 0.3) is 0 Å². The number of nitrogens with two attached hydrogens (primary N) is 1. The Morgan fingerprint density at radius 2 is 2.42 bits per heavy atom. The largest absolute Gasteiger partial charge is 0.381 e. The molecule has 2 atom stereocenters. The molecule has 1 heterocycles. The Balaban J connectivity index is 2.20. The molecule has 66 valence electrons. The molecule has 12 heavy (non-hydrogen) atoms. The van der Waals surface area contributed by atoms with E-state index in [9.17, 15) is 0 Å². The molecule has 1 saturated carbocycles. The highest BCUT2D eigenvalue weighted by Crippen LogP contribution is 2.50. The first-order valence-electron chi connectivity index (χ1n) is 4.45. The average molecular weight is 166 g/mol. The molecule has 3 heteroatoms. The van der Waals surface area contributed by atoms with Crippen molar-refractivity contribution in [3.8, 4) is 0 Å². The minimum absolute atomic E-state index is 0.548. The van der Waals surface area contributed by atoms with E-state index in [2.05, 4.69) is 12.1 Å². The van der Waals surface area contributed by atoms with Crippen molar-refractivity contribution in [3.05, 3.63) is 11.3 Å². The second-order valence-electron chi connectivity index (χ2n) is 3.57. The van der Waals surface area contributed by atoms with Crippen LogP contribution in [0.3, 0.4) is 0 Å². The van der Waals surface area contributed by atoms with Gasteiger partial charge in [-0.1, -0.05) is 18.5 Å². The zero-order valence-electron chi connectivity index (χ0n) is 7.50. The summed E-state index contributed by atoms with van der Waals surface area (Å²) >= 11 is 0. The molecule has 0 radical (unpaired) electrons. The van der Waals surface area contributed by atoms with Gasteiger partial charge in [0.15, 0.2) is 5.82 Å². The Morgan fingerprint density at radius 1 is 1.67 bits per heavy atom. The molecule has 1 aliphatic rings. The highest BCUT2D eigenvalue weighted by atomic mass is 16.5. The summed E-state index contributed by atoms with van der Waals surface area (Å²) in [5, 5.41) is 3.75. The van der Waals surface area contributed by atoms with Crippen LogP contribution in [-0.2, 0) is 0 Å². The third kappa shape index (κ3) is 1.00. The maximum atomic E-state index is 5.59. The van der Waals surface area contributed by atoms with Gasteiger partial charge in [-0.2, -0.15) is 0 Å². The summed E-state index contributed by atoms with van der Waals surface area (Å²) in [6, 6.07) is 0. The van der Waals surface area contributed by atoms with Crippen molar-refractivity contribution >= 4 is 5.82 Å². The molecule has 0 amide bonds. The Morgan fingerprint density at radius 3 is 2.83 bits per heavy atom. The fraction of sp³-hybridized carbons (Fsp3) is 0.667. The van der Waals surface area contributed by atoms with Crippen molar-refractivity contribution in [1.82, 2.24) is 5.16 Å². The predicted molar refractivity (Wildman–Crippen MR) is 46.8 cm³/mol. The number of aromatic nitrogens is 1. The lowest BCUT2D eigenvalue weighted by Gasteiger charge is -1.92. The van der Waals surface area contributed by atoms with Gasteiger partial charge in [-0.05, 0) is 19.3 Å². The van der Waals surface area contributed by atoms with E-state index in [1.54, 1.807) is 0 Å². The standard InChI is InChI=1S/C9H14N2O/c1-3-6-4-7(6)8-5(2)9(10)11-12-8/h6-7H,3-4H2,1-2H3,(H2,10,11)/t6-,7-/m1/s1. The van der Waals surface area contributed by atoms with Crippen LogP contribution in [0.5, 0.6) is 0 Å². The summed E-state index contributed by atoms with van der Waals surface area (Å²) in [7, 11) is 0. The van der Waals surface area contributed by atoms with Gasteiger partial charge in [0.2, 0.25) is 0 Å². The SMILES string of the molecule is CC[C@@H]1C[C@H]1c1onc(N)c1C. The Labute approximate surface area is 71.9 Å². The number of rotatable bonds is 2. The summed E-state index contributed by atoms with van der Waals surface area (Å²) < 4.78 is 5.18. The number of hydrogen-bond donors (Lipinski definition) is 1. The van der Waals surface area contributed by atoms with Crippen LogP contribution in [0.25, 0.3) is 0 Å². The van der Waals surface area contributed by atoms with E-state index in [4.69, 9.17) is 10.3 Å². The summed E-state index contributed by atoms with van der Waals surface area (Å²) in [5.41, 5.74) is 6.63. The van der Waals surface area contributed by atoms with E-state index >= 15 is 0 Å². The minimum Gasteiger partial charge on any atom is -0.381 e. The van der Waals surface area contributed by atoms with Crippen LogP contribution in [0.2, 0.25) is 0 Å². The van der Waals surface area contributed by atoms with Gasteiger partial charge in [0.05, 0.1) is 0 Å². The van der Waals surface area contributed by atoms with Crippen molar-refractivity contribution in [1.29, 1.82) is 0 Å². The molecule has 0 spiro atoms. The molecule has 0 aromatic carbocycles. The molecule has 1 aromatic rings. The van der Waals surface area contributed by atoms with Crippen LogP contribution in [0.4, 0.5) is 5.82 Å². The van der Waals surface area contributed by atoms with Crippen LogP contribution in [0.15, 0.2) is 4.52 Å². The summed E-state index contributed by atoms with van der Waals surface area (Å²) in [5.74, 6) is 2.96. The van der Waals surface area contributed by atoms with Crippen LogP contribution < -0.4 is 5.73 Å². The maximum Gasteiger partial charge on any atom is 0.170 e. The predicted octanol–water partition coefficient (Wildman–Crippen LogP) is 2.08. The first-order chi connectivity index (χ1) is 5.74. The van der Waals surface area contributed by atoms with E-state index in [0.29, 0.717) is 11.7 Å². The van der Waals surface area contributed by atoms with Crippen molar-refractivity contribution in [2.45, 2.75) is 32.6 Å². The van der Waals surface area contributed by atoms with E-state index in [1.807, 2.05) is 6.92 Å². The smallest absolute Gasteiger partial charge is 0.170 e. The van der Waals surface area contributed by atoms with Gasteiger partial charge < -0.3 is 10.3 Å². The summed E-state index contributed by atoms with van der Waals surface area (Å²) in [4.78, 5) is 0. The molecule has 0 unspecified atom stereocenters. The van der Waals surface area contributed by atoms with Crippen LogP contribution >= 0.6 is 0 Å². The fourth-order valence-corrected chi connectivity index (χ4v) is 1.73. The molecule has 1 aromatic heterocycles. The van der Waals surface area contributed by atoms with Crippen molar-refractivity contribution < 1.29 is 4.52 Å². The normalized spacial score (nSPS) is 27.5. The Hall–Kier alpha value is -0.990. The zero-order chi connectivity index (χ0) is 8.72. The second-order valence-corrected chi connectivity index (χ2v) is 3.57. The van der Waals surface area contributed by atoms with E-state index in [1.165, 1.54) is 12.8 Å². The van der Waals surface area contributed by atoms with Crippen molar-refractivity contribution in [2.75, 3.05) is 5.73 Å². The van der Waals surface area contributed by atoms with Crippen molar-refractivity contribution in [2.24, 2.45) is 5.92 Å². The molecule has 0 saturated heterocycles. The molecule has 1 aliphatic carbocycles. The molecular formula is C9H14N2O. The van der Waals surface area contributed by atoms with Crippen molar-refractivity contribution in [3.63, 3.8) is 0 Å². The van der Waals surface area contributed by atoms with Crippen LogP contribution in [0, 0.1) is 12.8 Å². The highest BCUT2D eigenvalue weighted by molar-refractivity contribution is 5.41. The second kappa shape index (κ2) is 2.51.